The molecular weight excluding hydrogens is 822 g/mol. The van der Waals surface area contributed by atoms with Gasteiger partial charge in [0.25, 0.3) is 0 Å². The molecule has 3 fully saturated rings. The Balaban J connectivity index is 1.14. The van der Waals surface area contributed by atoms with Crippen LogP contribution in [0.4, 0.5) is 10.1 Å². The molecule has 3 aromatic rings. The number of methoxy groups -OCH3 is 4. The summed E-state index contributed by atoms with van der Waals surface area (Å²) in [7, 11) is 5.54. The zero-order valence-corrected chi connectivity index (χ0v) is 37.8. The third kappa shape index (κ3) is 11.1. The number of rotatable bonds is 19. The maximum Gasteiger partial charge on any atom is 0.306 e. The first-order valence-corrected chi connectivity index (χ1v) is 22.4. The highest BCUT2D eigenvalue weighted by atomic mass is 19.1. The average molecular weight is 884 g/mol. The molecule has 3 heterocycles. The number of likely N-dealkylation sites (tertiary alicyclic amines) is 2. The minimum Gasteiger partial charge on any atom is -0.469 e. The number of ketones is 2. The molecule has 0 spiro atoms. The van der Waals surface area contributed by atoms with Gasteiger partial charge in [-0.2, -0.15) is 0 Å². The second-order valence-corrected chi connectivity index (χ2v) is 17.3. The first kappa shape index (κ1) is 48.0. The van der Waals surface area contributed by atoms with Crippen molar-refractivity contribution in [1.82, 2.24) is 9.80 Å². The highest BCUT2D eigenvalue weighted by molar-refractivity contribution is 5.94. The van der Waals surface area contributed by atoms with E-state index in [1.54, 1.807) is 35.8 Å². The van der Waals surface area contributed by atoms with Crippen LogP contribution in [0.15, 0.2) is 72.8 Å². The Kier molecular flexibility index (Phi) is 16.5. The number of amides is 2. The molecule has 0 radical (unpaired) electrons. The predicted octanol–water partition coefficient (Wildman–Crippen LogP) is 6.54. The summed E-state index contributed by atoms with van der Waals surface area (Å²) in [6, 6.07) is 21.2. The third-order valence-corrected chi connectivity index (χ3v) is 13.6. The number of Topliss-reactive ketones (excluding diaryl/α,β-unsaturated/α-hetero) is 2. The minimum atomic E-state index is -0.760. The van der Waals surface area contributed by atoms with Gasteiger partial charge in [0.2, 0.25) is 11.8 Å². The molecule has 2 amide bonds. The van der Waals surface area contributed by atoms with Crippen molar-refractivity contribution in [2.75, 3.05) is 46.4 Å². The number of hydrogen-bond donors (Lipinski definition) is 0. The van der Waals surface area contributed by atoms with E-state index in [1.807, 2.05) is 48.5 Å². The van der Waals surface area contributed by atoms with Crippen LogP contribution in [0.25, 0.3) is 0 Å². The van der Waals surface area contributed by atoms with E-state index in [4.69, 9.17) is 18.9 Å². The lowest BCUT2D eigenvalue weighted by molar-refractivity contribution is -0.151. The van der Waals surface area contributed by atoms with Gasteiger partial charge in [-0.3, -0.25) is 28.8 Å². The molecule has 0 bridgehead atoms. The lowest BCUT2D eigenvalue weighted by atomic mass is 9.95. The van der Waals surface area contributed by atoms with E-state index in [0.717, 1.165) is 40.8 Å². The summed E-state index contributed by atoms with van der Waals surface area (Å²) in [5.41, 5.74) is 4.62. The molecule has 0 saturated carbocycles. The fourth-order valence-electron chi connectivity index (χ4n) is 9.71. The number of benzene rings is 3. The molecule has 14 heteroatoms. The quantitative estimate of drug-likeness (QED) is 0.121. The predicted molar refractivity (Wildman–Crippen MR) is 237 cm³/mol. The van der Waals surface area contributed by atoms with Crippen LogP contribution in [0.5, 0.6) is 0 Å². The molecule has 13 nitrogen and oxygen atoms in total. The van der Waals surface area contributed by atoms with Gasteiger partial charge >= 0.3 is 11.9 Å². The summed E-state index contributed by atoms with van der Waals surface area (Å²) in [6.07, 6.45) is 3.09. The monoisotopic (exact) mass is 883 g/mol. The number of carbonyl (C=O) groups excluding carboxylic acids is 6. The summed E-state index contributed by atoms with van der Waals surface area (Å²) in [5, 5.41) is 0. The van der Waals surface area contributed by atoms with Crippen molar-refractivity contribution in [3.8, 4) is 0 Å². The zero-order chi connectivity index (χ0) is 46.1. The number of ether oxygens (including phenoxy) is 4. The van der Waals surface area contributed by atoms with Crippen molar-refractivity contribution >= 4 is 41.0 Å². The lowest BCUT2D eigenvalue weighted by Gasteiger charge is -2.33. The summed E-state index contributed by atoms with van der Waals surface area (Å²) in [4.78, 5) is 84.7. The van der Waals surface area contributed by atoms with Crippen molar-refractivity contribution in [3.05, 3.63) is 101 Å². The van der Waals surface area contributed by atoms with Gasteiger partial charge < -0.3 is 33.6 Å². The van der Waals surface area contributed by atoms with Crippen LogP contribution in [0, 0.1) is 17.7 Å². The number of anilines is 1. The molecule has 8 atom stereocenters. The molecular formula is C50H62FN3O10. The van der Waals surface area contributed by atoms with Gasteiger partial charge in [0.05, 0.1) is 75.3 Å². The van der Waals surface area contributed by atoms with Gasteiger partial charge in [-0.05, 0) is 98.9 Å². The van der Waals surface area contributed by atoms with Crippen LogP contribution in [0.3, 0.4) is 0 Å². The Labute approximate surface area is 375 Å². The Morgan fingerprint density at radius 3 is 1.33 bits per heavy atom. The number of halogens is 1. The highest BCUT2D eigenvalue weighted by Crippen LogP contribution is 2.47. The van der Waals surface area contributed by atoms with Gasteiger partial charge in [-0.15, -0.1) is 0 Å². The standard InChI is InChI=1S/C50H62FN3O10/c1-31(61-3)39(29-47(57)63-5)49(59)52-25-7-9-43(52)45(55)27-33-11-15-35(16-12-33)41-23-24-42(54(41)38-21-19-37(51)20-22-38)36-17-13-34(14-18-36)28-46(56)44-10-8-26-53(44)50(60)40(32(2)62-4)30-48(58)64-6/h11-22,31-32,39-44H,7-10,23-30H2,1-6H3/t31-,32-,39+,40?,41-,42-,43+,44+/m1/s1. The van der Waals surface area contributed by atoms with Crippen molar-refractivity contribution < 1.29 is 52.1 Å². The highest BCUT2D eigenvalue weighted by Gasteiger charge is 2.42. The fraction of sp³-hybridized carbons (Fsp3) is 0.520. The molecule has 0 aliphatic carbocycles. The summed E-state index contributed by atoms with van der Waals surface area (Å²) < 4.78 is 34.7. The lowest BCUT2D eigenvalue weighted by Crippen LogP contribution is -2.47. The molecule has 64 heavy (non-hydrogen) atoms. The number of nitrogens with zero attached hydrogens (tertiary/aromatic N) is 3. The van der Waals surface area contributed by atoms with Crippen molar-refractivity contribution in [1.29, 1.82) is 0 Å². The molecule has 0 N–H and O–H groups in total. The SMILES string of the molecule is COC(=O)CC(C(=O)N1CCC[C@H]1C(=O)Cc1ccc([C@H]2CC[C@H](c3ccc(CC(=O)[C@@H]4CCCN4C(=O)[C@@H](CC(=O)OC)[C@@H](C)OC)cc3)N2c2ccc(F)cc2)cc1)[C@@H](C)OC. The molecule has 6 rings (SSSR count). The molecule has 1 unspecified atom stereocenters. The zero-order valence-electron chi connectivity index (χ0n) is 37.8. The Morgan fingerprint density at radius 2 is 0.969 bits per heavy atom. The fourth-order valence-corrected chi connectivity index (χ4v) is 9.71. The average Bonchev–Trinajstić information content (AvgIpc) is 4.11. The van der Waals surface area contributed by atoms with Crippen LogP contribution in [0.2, 0.25) is 0 Å². The Hall–Kier alpha value is -5.47. The van der Waals surface area contributed by atoms with Crippen LogP contribution in [-0.4, -0.2) is 111 Å². The molecule has 3 aliphatic heterocycles. The Bertz CT molecular complexity index is 1990. The van der Waals surface area contributed by atoms with E-state index in [1.165, 1.54) is 40.6 Å². The van der Waals surface area contributed by atoms with Crippen LogP contribution in [0.1, 0.15) is 99.6 Å². The van der Waals surface area contributed by atoms with Gasteiger partial charge in [-0.1, -0.05) is 48.5 Å². The molecule has 3 aliphatic rings. The van der Waals surface area contributed by atoms with Gasteiger partial charge in [0.15, 0.2) is 11.6 Å². The topological polar surface area (TPSA) is 149 Å². The van der Waals surface area contributed by atoms with Crippen molar-refractivity contribution in [3.63, 3.8) is 0 Å². The summed E-state index contributed by atoms with van der Waals surface area (Å²) >= 11 is 0. The first-order valence-electron chi connectivity index (χ1n) is 22.4. The van der Waals surface area contributed by atoms with E-state index in [2.05, 4.69) is 4.90 Å². The number of hydrogen-bond acceptors (Lipinski definition) is 11. The maximum atomic E-state index is 14.2. The van der Waals surface area contributed by atoms with Crippen molar-refractivity contribution in [2.24, 2.45) is 11.8 Å². The number of esters is 2. The molecule has 3 aromatic carbocycles. The smallest absolute Gasteiger partial charge is 0.306 e. The van der Waals surface area contributed by atoms with E-state index >= 15 is 0 Å². The molecule has 3 saturated heterocycles. The molecule has 344 valence electrons. The Morgan fingerprint density at radius 1 is 0.578 bits per heavy atom. The largest absolute Gasteiger partial charge is 0.469 e. The van der Waals surface area contributed by atoms with Crippen LogP contribution in [-0.2, 0) is 60.6 Å². The third-order valence-electron chi connectivity index (χ3n) is 13.6. The summed E-state index contributed by atoms with van der Waals surface area (Å²) in [5.74, 6) is -3.56. The second kappa shape index (κ2) is 21.9. The molecule has 0 aromatic heterocycles. The number of carbonyl (C=O) groups is 6. The van der Waals surface area contributed by atoms with Gasteiger partial charge in [0.1, 0.15) is 5.82 Å². The van der Waals surface area contributed by atoms with E-state index in [0.29, 0.717) is 38.8 Å². The second-order valence-electron chi connectivity index (χ2n) is 17.3. The van der Waals surface area contributed by atoms with E-state index < -0.39 is 48.1 Å². The van der Waals surface area contributed by atoms with Crippen LogP contribution >= 0.6 is 0 Å². The van der Waals surface area contributed by atoms with E-state index in [-0.39, 0.29) is 67.0 Å². The van der Waals surface area contributed by atoms with Gasteiger partial charge in [-0.25, -0.2) is 4.39 Å². The van der Waals surface area contributed by atoms with Crippen molar-refractivity contribution in [2.45, 2.75) is 114 Å². The van der Waals surface area contributed by atoms with Crippen LogP contribution < -0.4 is 4.90 Å². The first-order chi connectivity index (χ1) is 30.8. The summed E-state index contributed by atoms with van der Waals surface area (Å²) in [6.45, 7) is 4.34. The van der Waals surface area contributed by atoms with E-state index in [9.17, 15) is 33.2 Å². The minimum absolute atomic E-state index is 0.0475. The van der Waals surface area contributed by atoms with Gasteiger partial charge in [0, 0.05) is 45.8 Å². The normalized spacial score (nSPS) is 21.6. The maximum absolute atomic E-state index is 14.2.